The van der Waals surface area contributed by atoms with Gasteiger partial charge in [0.1, 0.15) is 17.2 Å². The number of carbonyl (C=O) groups excluding carboxylic acids is 1. The average Bonchev–Trinajstić information content (AvgIpc) is 3.19. The summed E-state index contributed by atoms with van der Waals surface area (Å²) in [6.07, 6.45) is 2.96. The molecule has 184 valence electrons. The molecule has 0 spiro atoms. The van der Waals surface area contributed by atoms with Crippen molar-refractivity contribution in [3.8, 4) is 22.6 Å². The number of aryl methyl sites for hydroxylation is 2. The monoisotopic (exact) mass is 486 g/mol. The Labute approximate surface area is 209 Å². The number of carbonyl (C=O) groups is 1. The maximum absolute atomic E-state index is 14.3. The van der Waals surface area contributed by atoms with Crippen LogP contribution in [0.15, 0.2) is 73.1 Å². The first kappa shape index (κ1) is 23.0. The molecule has 3 heterocycles. The maximum Gasteiger partial charge on any atom is 0.269 e. The molecule has 0 aliphatic rings. The molecule has 9 heteroatoms. The van der Waals surface area contributed by atoms with Gasteiger partial charge in [-0.15, -0.1) is 0 Å². The number of imidazole rings is 1. The van der Waals surface area contributed by atoms with Crippen molar-refractivity contribution in [3.05, 3.63) is 90.3 Å². The van der Waals surface area contributed by atoms with E-state index in [1.54, 1.807) is 31.3 Å². The second-order valence-corrected chi connectivity index (χ2v) is 8.20. The first-order valence-corrected chi connectivity index (χ1v) is 11.2. The molecular formula is C27H27FN6O2. The fourth-order valence-corrected chi connectivity index (χ4v) is 3.92. The molecule has 0 fully saturated rings. The van der Waals surface area contributed by atoms with Gasteiger partial charge in [-0.3, -0.25) is 9.78 Å². The first-order valence-electron chi connectivity index (χ1n) is 11.2. The summed E-state index contributed by atoms with van der Waals surface area (Å²) in [5.74, 6) is 0.888. The number of anilines is 2. The Kier molecular flexibility index (Phi) is 6.03. The fraction of sp³-hybridized carbons (Fsp3) is 0.111. The molecule has 0 aliphatic heterocycles. The number of nitrogens with zero attached hydrogens (tertiary/aromatic N) is 4. The highest BCUT2D eigenvalue weighted by Gasteiger charge is 2.13. The molecule has 0 radical (unpaired) electrons. The predicted molar refractivity (Wildman–Crippen MR) is 140 cm³/mol. The van der Waals surface area contributed by atoms with E-state index in [2.05, 4.69) is 20.6 Å². The molecule has 1 amide bonds. The van der Waals surface area contributed by atoms with Crippen LogP contribution >= 0.6 is 0 Å². The number of pyridine rings is 2. The van der Waals surface area contributed by atoms with E-state index in [1.165, 1.54) is 12.4 Å². The molecule has 0 atom stereocenters. The van der Waals surface area contributed by atoms with Gasteiger partial charge in [0.05, 0.1) is 11.0 Å². The zero-order valence-electron chi connectivity index (χ0n) is 19.9. The summed E-state index contributed by atoms with van der Waals surface area (Å²) < 4.78 is 22.2. The molecule has 2 N–H and O–H groups in total. The third-order valence-corrected chi connectivity index (χ3v) is 5.82. The number of nitrogens with one attached hydrogen (secondary N) is 2. The number of hydrogen-bond donors (Lipinski definition) is 2. The summed E-state index contributed by atoms with van der Waals surface area (Å²) >= 11 is 0. The van der Waals surface area contributed by atoms with E-state index in [1.807, 2.05) is 54.9 Å². The number of rotatable bonds is 6. The van der Waals surface area contributed by atoms with Crippen LogP contribution in [0.25, 0.3) is 22.2 Å². The molecule has 0 aliphatic carbocycles. The average molecular weight is 487 g/mol. The zero-order chi connectivity index (χ0) is 25.2. The van der Waals surface area contributed by atoms with Gasteiger partial charge in [-0.25, -0.2) is 9.97 Å². The van der Waals surface area contributed by atoms with Gasteiger partial charge in [0.2, 0.25) is 11.9 Å². The van der Waals surface area contributed by atoms with Crippen LogP contribution in [-0.2, 0) is 7.05 Å². The van der Waals surface area contributed by atoms with Crippen molar-refractivity contribution in [3.63, 3.8) is 0 Å². The summed E-state index contributed by atoms with van der Waals surface area (Å²) in [6, 6.07) is 18.0. The van der Waals surface area contributed by atoms with E-state index in [-0.39, 0.29) is 14.5 Å². The molecular weight excluding hydrogens is 459 g/mol. The number of ether oxygens (including phenoxy) is 1. The molecule has 0 unspecified atom stereocenters. The Morgan fingerprint density at radius 3 is 2.64 bits per heavy atom. The minimum Gasteiger partial charge on any atom is -0.457 e. The minimum absolute atomic E-state index is 0. The molecule has 0 bridgehead atoms. The lowest BCUT2D eigenvalue weighted by Crippen LogP contribution is -2.18. The highest BCUT2D eigenvalue weighted by molar-refractivity contribution is 5.92. The smallest absolute Gasteiger partial charge is 0.269 e. The molecule has 5 rings (SSSR count). The van der Waals surface area contributed by atoms with Gasteiger partial charge in [-0.05, 0) is 60.5 Å². The number of fused-ring (bicyclic) bond motifs is 1. The highest BCUT2D eigenvalue weighted by atomic mass is 19.1. The molecule has 36 heavy (non-hydrogen) atoms. The quantitative estimate of drug-likeness (QED) is 0.292. The number of amides is 1. The molecule has 3 aromatic heterocycles. The Morgan fingerprint density at radius 2 is 1.83 bits per heavy atom. The summed E-state index contributed by atoms with van der Waals surface area (Å²) in [4.78, 5) is 24.4. The summed E-state index contributed by atoms with van der Waals surface area (Å²) in [6.45, 7) is 1.93. The van der Waals surface area contributed by atoms with E-state index >= 15 is 0 Å². The van der Waals surface area contributed by atoms with Crippen LogP contribution in [-0.4, -0.2) is 32.5 Å². The van der Waals surface area contributed by atoms with Crippen molar-refractivity contribution in [2.24, 2.45) is 7.05 Å². The lowest BCUT2D eigenvalue weighted by atomic mass is 10.0. The number of aromatic nitrogens is 4. The lowest BCUT2D eigenvalue weighted by Gasteiger charge is -2.11. The number of halogens is 1. The first-order chi connectivity index (χ1) is 17.4. The summed E-state index contributed by atoms with van der Waals surface area (Å²) in [5, 5.41) is 5.87. The van der Waals surface area contributed by atoms with E-state index in [4.69, 9.17) is 9.72 Å². The number of hydrogen-bond acceptors (Lipinski definition) is 6. The fourth-order valence-electron chi connectivity index (χ4n) is 3.92. The maximum atomic E-state index is 14.3. The molecule has 0 saturated heterocycles. The van der Waals surface area contributed by atoms with Crippen LogP contribution in [0.3, 0.4) is 0 Å². The Morgan fingerprint density at radius 1 is 1.00 bits per heavy atom. The van der Waals surface area contributed by atoms with Crippen LogP contribution in [0.4, 0.5) is 16.0 Å². The Balaban J connectivity index is 0.00000200. The second kappa shape index (κ2) is 9.46. The lowest BCUT2D eigenvalue weighted by molar-refractivity contribution is 0.0958. The zero-order valence-corrected chi connectivity index (χ0v) is 19.9. The van der Waals surface area contributed by atoms with Crippen LogP contribution in [0.1, 0.15) is 18.9 Å². The molecule has 8 nitrogen and oxygen atoms in total. The van der Waals surface area contributed by atoms with Crippen LogP contribution in [0, 0.1) is 12.9 Å². The van der Waals surface area contributed by atoms with Crippen molar-refractivity contribution >= 4 is 28.6 Å². The summed E-state index contributed by atoms with van der Waals surface area (Å²) in [7, 11) is 3.46. The molecule has 0 saturated carbocycles. The topological polar surface area (TPSA) is 94.0 Å². The minimum atomic E-state index is -0.510. The molecule has 2 aromatic carbocycles. The van der Waals surface area contributed by atoms with Gasteiger partial charge < -0.3 is 19.9 Å². The SMILES string of the molecule is CNC(=O)c1cc(Oc2ccc3c(c2)nc(Nc2ccc(C)c(-c4cccnc4F)c2)n3C)ccn1.[HH].[HH]. The van der Waals surface area contributed by atoms with Crippen molar-refractivity contribution < 1.29 is 16.8 Å². The Bertz CT molecular complexity index is 1610. The van der Waals surface area contributed by atoms with Gasteiger partial charge in [0.15, 0.2) is 0 Å². The summed E-state index contributed by atoms with van der Waals surface area (Å²) in [5.41, 5.74) is 4.81. The second-order valence-electron chi connectivity index (χ2n) is 8.20. The van der Waals surface area contributed by atoms with Gasteiger partial charge in [-0.1, -0.05) is 6.07 Å². The normalized spacial score (nSPS) is 10.9. The van der Waals surface area contributed by atoms with Crippen molar-refractivity contribution in [2.75, 3.05) is 12.4 Å². The van der Waals surface area contributed by atoms with Crippen molar-refractivity contribution in [1.29, 1.82) is 0 Å². The predicted octanol–water partition coefficient (Wildman–Crippen LogP) is 5.87. The van der Waals surface area contributed by atoms with Crippen LogP contribution in [0.5, 0.6) is 11.5 Å². The van der Waals surface area contributed by atoms with E-state index < -0.39 is 5.95 Å². The largest absolute Gasteiger partial charge is 0.457 e. The van der Waals surface area contributed by atoms with Gasteiger partial charge >= 0.3 is 0 Å². The van der Waals surface area contributed by atoms with Gasteiger partial charge in [0.25, 0.3) is 5.91 Å². The van der Waals surface area contributed by atoms with E-state index in [0.29, 0.717) is 23.0 Å². The Hall–Kier alpha value is -4.79. The number of benzene rings is 2. The third-order valence-electron chi connectivity index (χ3n) is 5.82. The third kappa shape index (κ3) is 4.46. The standard InChI is InChI=1S/C27H23FN6O2.2H2/c1-16-6-7-17(13-21(16)20-5-4-11-31-25(20)28)32-27-33-22-14-18(8-9-24(22)34(27)3)36-19-10-12-30-23(15-19)26(35)29-2;;/h4-15H,1-3H3,(H,29,35)(H,32,33);2*1H. The van der Waals surface area contributed by atoms with Gasteiger partial charge in [0, 0.05) is 52.7 Å². The van der Waals surface area contributed by atoms with Crippen LogP contribution < -0.4 is 15.4 Å². The molecule has 5 aromatic rings. The van der Waals surface area contributed by atoms with Crippen LogP contribution in [0.2, 0.25) is 0 Å². The van der Waals surface area contributed by atoms with Gasteiger partial charge in [-0.2, -0.15) is 4.39 Å². The highest BCUT2D eigenvalue weighted by Crippen LogP contribution is 2.31. The van der Waals surface area contributed by atoms with E-state index in [0.717, 1.165) is 27.8 Å². The van der Waals surface area contributed by atoms with Crippen molar-refractivity contribution in [2.45, 2.75) is 6.92 Å². The van der Waals surface area contributed by atoms with E-state index in [9.17, 15) is 9.18 Å². The van der Waals surface area contributed by atoms with Crippen molar-refractivity contribution in [1.82, 2.24) is 24.8 Å².